The van der Waals surface area contributed by atoms with Gasteiger partial charge in [-0.1, -0.05) is 24.3 Å². The SMILES string of the molecule is COCCN1CCN(Cc2ccc(-c3ncc(N4CC[C@@H](Cc5c(C)nc6nc(C)nn6c5C)C4)cn3)cc2)CC1. The Labute approximate surface area is 242 Å². The third-order valence-electron chi connectivity index (χ3n) is 8.63. The van der Waals surface area contributed by atoms with Crippen LogP contribution in [-0.2, 0) is 17.7 Å². The smallest absolute Gasteiger partial charge is 0.252 e. The molecule has 10 heteroatoms. The molecule has 216 valence electrons. The zero-order valence-electron chi connectivity index (χ0n) is 24.8. The molecule has 0 spiro atoms. The molecule has 1 atom stereocenters. The first-order valence-electron chi connectivity index (χ1n) is 14.8. The van der Waals surface area contributed by atoms with E-state index >= 15 is 0 Å². The van der Waals surface area contributed by atoms with E-state index in [1.165, 1.54) is 11.1 Å². The number of methoxy groups -OCH3 is 1. The van der Waals surface area contributed by atoms with Crippen LogP contribution in [0.4, 0.5) is 5.69 Å². The van der Waals surface area contributed by atoms with Crippen LogP contribution in [0.25, 0.3) is 17.2 Å². The Morgan fingerprint density at radius 3 is 2.37 bits per heavy atom. The van der Waals surface area contributed by atoms with Gasteiger partial charge in [0.25, 0.3) is 5.78 Å². The van der Waals surface area contributed by atoms with E-state index < -0.39 is 0 Å². The molecule has 0 N–H and O–H groups in total. The summed E-state index contributed by atoms with van der Waals surface area (Å²) < 4.78 is 7.10. The first-order valence-corrected chi connectivity index (χ1v) is 14.8. The number of hydrogen-bond donors (Lipinski definition) is 0. The van der Waals surface area contributed by atoms with Crippen molar-refractivity contribution in [2.45, 2.75) is 40.2 Å². The first kappa shape index (κ1) is 27.7. The van der Waals surface area contributed by atoms with Crippen LogP contribution >= 0.6 is 0 Å². The molecular formula is C31H41N9O. The minimum atomic E-state index is 0.553. The van der Waals surface area contributed by atoms with Gasteiger partial charge in [0, 0.05) is 76.4 Å². The fourth-order valence-electron chi connectivity index (χ4n) is 6.17. The summed E-state index contributed by atoms with van der Waals surface area (Å²) in [7, 11) is 1.77. The number of aryl methyl sites for hydroxylation is 3. The highest BCUT2D eigenvalue weighted by Crippen LogP contribution is 2.28. The predicted octanol–water partition coefficient (Wildman–Crippen LogP) is 3.34. The summed E-state index contributed by atoms with van der Waals surface area (Å²) in [6.07, 6.45) is 6.08. The van der Waals surface area contributed by atoms with Gasteiger partial charge in [-0.25, -0.2) is 19.5 Å². The Kier molecular flexibility index (Phi) is 8.23. The standard InChI is InChI=1S/C31H41N9O/c1-22-29(23(2)40-31(34-22)35-24(3)36-40)17-26-9-10-39(21-26)28-18-32-30(33-19-28)27-7-5-25(6-8-27)20-38-13-11-37(12-14-38)15-16-41-4/h5-8,18-19,26H,9-17,20-21H2,1-4H3/t26-/m0/s1. The minimum Gasteiger partial charge on any atom is -0.383 e. The van der Waals surface area contributed by atoms with Crippen LogP contribution in [-0.4, -0.2) is 98.9 Å². The molecule has 0 saturated carbocycles. The van der Waals surface area contributed by atoms with Crippen molar-refractivity contribution < 1.29 is 4.74 Å². The van der Waals surface area contributed by atoms with Gasteiger partial charge >= 0.3 is 0 Å². The summed E-state index contributed by atoms with van der Waals surface area (Å²) in [5.41, 5.74) is 6.96. The van der Waals surface area contributed by atoms with Gasteiger partial charge in [-0.05, 0) is 50.7 Å². The van der Waals surface area contributed by atoms with E-state index in [9.17, 15) is 0 Å². The van der Waals surface area contributed by atoms with Crippen molar-refractivity contribution in [2.24, 2.45) is 5.92 Å². The molecule has 2 fully saturated rings. The lowest BCUT2D eigenvalue weighted by atomic mass is 9.96. The molecule has 0 bridgehead atoms. The van der Waals surface area contributed by atoms with Gasteiger partial charge in [0.15, 0.2) is 5.82 Å². The molecule has 0 amide bonds. The van der Waals surface area contributed by atoms with Crippen molar-refractivity contribution >= 4 is 11.5 Å². The van der Waals surface area contributed by atoms with Gasteiger partial charge in [0.1, 0.15) is 5.82 Å². The highest BCUT2D eigenvalue weighted by atomic mass is 16.5. The van der Waals surface area contributed by atoms with Crippen LogP contribution in [0.5, 0.6) is 0 Å². The fourth-order valence-corrected chi connectivity index (χ4v) is 6.17. The van der Waals surface area contributed by atoms with E-state index in [1.54, 1.807) is 7.11 Å². The third kappa shape index (κ3) is 6.24. The number of hydrogen-bond acceptors (Lipinski definition) is 9. The monoisotopic (exact) mass is 555 g/mol. The van der Waals surface area contributed by atoms with Crippen molar-refractivity contribution in [3.05, 3.63) is 65.0 Å². The lowest BCUT2D eigenvalue weighted by Gasteiger charge is -2.34. The van der Waals surface area contributed by atoms with Gasteiger partial charge in [0.2, 0.25) is 0 Å². The average molecular weight is 556 g/mol. The number of piperazine rings is 1. The Morgan fingerprint density at radius 1 is 0.902 bits per heavy atom. The molecule has 41 heavy (non-hydrogen) atoms. The van der Waals surface area contributed by atoms with Crippen LogP contribution in [0.3, 0.4) is 0 Å². The van der Waals surface area contributed by atoms with Crippen LogP contribution in [0.15, 0.2) is 36.7 Å². The maximum Gasteiger partial charge on any atom is 0.252 e. The molecule has 1 aromatic carbocycles. The van der Waals surface area contributed by atoms with E-state index in [0.717, 1.165) is 106 Å². The van der Waals surface area contributed by atoms with Crippen molar-refractivity contribution in [2.75, 3.05) is 64.4 Å². The van der Waals surface area contributed by atoms with Crippen LogP contribution in [0.2, 0.25) is 0 Å². The quantitative estimate of drug-likeness (QED) is 0.309. The number of nitrogens with zero attached hydrogens (tertiary/aromatic N) is 9. The second kappa shape index (κ2) is 12.2. The molecule has 0 unspecified atom stereocenters. The number of aromatic nitrogens is 6. The minimum absolute atomic E-state index is 0.553. The third-order valence-corrected chi connectivity index (χ3v) is 8.63. The van der Waals surface area contributed by atoms with Crippen molar-refractivity contribution in [1.82, 2.24) is 39.3 Å². The molecule has 4 aromatic rings. The number of fused-ring (bicyclic) bond motifs is 1. The van der Waals surface area contributed by atoms with Crippen molar-refractivity contribution in [1.29, 1.82) is 0 Å². The average Bonchev–Trinajstić information content (AvgIpc) is 3.61. The van der Waals surface area contributed by atoms with Crippen LogP contribution < -0.4 is 4.90 Å². The van der Waals surface area contributed by atoms with Crippen LogP contribution in [0, 0.1) is 26.7 Å². The van der Waals surface area contributed by atoms with E-state index in [-0.39, 0.29) is 0 Å². The Hall–Kier alpha value is -3.47. The molecular weight excluding hydrogens is 514 g/mol. The summed E-state index contributed by atoms with van der Waals surface area (Å²) in [4.78, 5) is 26.0. The second-order valence-electron chi connectivity index (χ2n) is 11.5. The predicted molar refractivity (Wildman–Crippen MR) is 160 cm³/mol. The fraction of sp³-hybridized carbons (Fsp3) is 0.516. The molecule has 5 heterocycles. The van der Waals surface area contributed by atoms with E-state index in [0.29, 0.717) is 11.7 Å². The summed E-state index contributed by atoms with van der Waals surface area (Å²) in [6, 6.07) is 8.73. The Balaban J connectivity index is 1.03. The maximum atomic E-state index is 5.22. The summed E-state index contributed by atoms with van der Waals surface area (Å²) in [5.74, 6) is 2.77. The lowest BCUT2D eigenvalue weighted by molar-refractivity contribution is 0.0938. The zero-order chi connectivity index (χ0) is 28.3. The number of rotatable bonds is 9. The van der Waals surface area contributed by atoms with Gasteiger partial charge in [0.05, 0.1) is 24.7 Å². The molecule has 2 aliphatic heterocycles. The second-order valence-corrected chi connectivity index (χ2v) is 11.5. The molecule has 6 rings (SSSR count). The molecule has 2 aliphatic rings. The molecule has 10 nitrogen and oxygen atoms in total. The van der Waals surface area contributed by atoms with E-state index in [4.69, 9.17) is 19.7 Å². The summed E-state index contributed by atoms with van der Waals surface area (Å²) in [5, 5.41) is 4.54. The molecule has 2 saturated heterocycles. The number of ether oxygens (including phenoxy) is 1. The van der Waals surface area contributed by atoms with Gasteiger partial charge in [-0.2, -0.15) is 10.1 Å². The Bertz CT molecular complexity index is 1460. The summed E-state index contributed by atoms with van der Waals surface area (Å²) in [6.45, 7) is 15.3. The Morgan fingerprint density at radius 2 is 1.63 bits per heavy atom. The van der Waals surface area contributed by atoms with Crippen LogP contribution in [0.1, 0.15) is 34.8 Å². The maximum absolute atomic E-state index is 5.22. The van der Waals surface area contributed by atoms with Gasteiger partial charge in [-0.3, -0.25) is 9.80 Å². The van der Waals surface area contributed by atoms with Gasteiger partial charge < -0.3 is 9.64 Å². The first-order chi connectivity index (χ1) is 20.0. The van der Waals surface area contributed by atoms with Crippen molar-refractivity contribution in [3.63, 3.8) is 0 Å². The summed E-state index contributed by atoms with van der Waals surface area (Å²) >= 11 is 0. The molecule has 0 aliphatic carbocycles. The van der Waals surface area contributed by atoms with Crippen molar-refractivity contribution in [3.8, 4) is 11.4 Å². The highest BCUT2D eigenvalue weighted by Gasteiger charge is 2.26. The highest BCUT2D eigenvalue weighted by molar-refractivity contribution is 5.57. The van der Waals surface area contributed by atoms with E-state index in [2.05, 4.69) is 62.9 Å². The topological polar surface area (TPSA) is 87.8 Å². The number of benzene rings is 1. The number of anilines is 1. The molecule has 3 aromatic heterocycles. The largest absolute Gasteiger partial charge is 0.383 e. The zero-order valence-corrected chi connectivity index (χ0v) is 24.8. The lowest BCUT2D eigenvalue weighted by Crippen LogP contribution is -2.46. The van der Waals surface area contributed by atoms with Gasteiger partial charge in [-0.15, -0.1) is 0 Å². The van der Waals surface area contributed by atoms with E-state index in [1.807, 2.05) is 23.8 Å². The normalized spacial score (nSPS) is 18.5. The molecule has 0 radical (unpaired) electrons.